The van der Waals surface area contributed by atoms with Crippen molar-refractivity contribution in [3.8, 4) is 0 Å². The van der Waals surface area contributed by atoms with Gasteiger partial charge in [-0.3, -0.25) is 4.52 Å². The van der Waals surface area contributed by atoms with E-state index in [9.17, 15) is 28.6 Å². The van der Waals surface area contributed by atoms with Gasteiger partial charge < -0.3 is 40.9 Å². The molecule has 3 rings (SSSR count). The molecule has 0 bridgehead atoms. The molecule has 0 saturated carbocycles. The zero-order valence-electron chi connectivity index (χ0n) is 16.1. The Labute approximate surface area is 179 Å². The molecule has 32 heavy (non-hydrogen) atoms. The van der Waals surface area contributed by atoms with E-state index in [0.717, 1.165) is 0 Å². The summed E-state index contributed by atoms with van der Waals surface area (Å²) in [6.07, 6.45) is -1.10. The van der Waals surface area contributed by atoms with Crippen LogP contribution in [0.15, 0.2) is 18.5 Å². The van der Waals surface area contributed by atoms with Crippen LogP contribution >= 0.6 is 23.5 Å². The average Bonchev–Trinajstić information content (AvgIpc) is 3.11. The highest BCUT2D eigenvalue weighted by Crippen LogP contribution is 2.66. The maximum Gasteiger partial charge on any atom is 0.490 e. The highest BCUT2D eigenvalue weighted by Gasteiger charge is 2.53. The van der Waals surface area contributed by atoms with E-state index >= 15 is 0 Å². The van der Waals surface area contributed by atoms with Gasteiger partial charge in [0.2, 0.25) is 0 Å². The Balaban J connectivity index is 1.74. The molecule has 3 heterocycles. The largest absolute Gasteiger partial charge is 0.490 e. The van der Waals surface area contributed by atoms with E-state index in [4.69, 9.17) is 26.0 Å². The first kappa shape index (κ1) is 25.3. The molecular formula is C12H20N5O12P3. The second-order valence-corrected chi connectivity index (χ2v) is 11.4. The van der Waals surface area contributed by atoms with Crippen LogP contribution in [0.5, 0.6) is 0 Å². The molecule has 180 valence electrons. The minimum Gasteiger partial charge on any atom is -0.396 e. The summed E-state index contributed by atoms with van der Waals surface area (Å²) in [5.74, 6) is 0. The van der Waals surface area contributed by atoms with Crippen LogP contribution in [0.4, 0.5) is 5.69 Å². The van der Waals surface area contributed by atoms with Gasteiger partial charge in [-0.2, -0.15) is 13.7 Å². The summed E-state index contributed by atoms with van der Waals surface area (Å²) in [6.45, 7) is 0.555. The number of hydrogen-bond donors (Lipinski definition) is 7. The van der Waals surface area contributed by atoms with Crippen molar-refractivity contribution in [2.24, 2.45) is 5.73 Å². The van der Waals surface area contributed by atoms with Gasteiger partial charge in [-0.15, -0.1) is 0 Å². The third-order valence-electron chi connectivity index (χ3n) is 4.41. The number of nitrogens with two attached hydrogens (primary N) is 2. The topological polar surface area (TPSA) is 272 Å². The number of aliphatic hydroxyl groups excluding tert-OH is 1. The van der Waals surface area contributed by atoms with Crippen molar-refractivity contribution in [3.05, 3.63) is 24.2 Å². The van der Waals surface area contributed by atoms with Crippen molar-refractivity contribution in [1.82, 2.24) is 14.6 Å². The summed E-state index contributed by atoms with van der Waals surface area (Å²) in [7, 11) is -16.6. The van der Waals surface area contributed by atoms with Gasteiger partial charge in [0, 0.05) is 0 Å². The molecule has 1 aliphatic rings. The molecule has 0 aromatic carbocycles. The standard InChI is InChI=1S/C12H20N5O12P3/c1-12(14)9(18)8(5-26-31(22,23)29-32(24,25)28-30(19,20)21)27-10(12)7-4-15-11-6(13)2-3-16-17(7)11/h2-4,8-10,18H,5,13-14H2,1H3,(H,22,23)(H,24,25)(H2,19,20,21)/t8-,9-,10+,12-/m1/s1. The Bertz CT molecular complexity index is 1150. The van der Waals surface area contributed by atoms with E-state index < -0.39 is 53.9 Å². The van der Waals surface area contributed by atoms with Crippen LogP contribution in [0, 0.1) is 0 Å². The Hall–Kier alpha value is -1.29. The van der Waals surface area contributed by atoms with Gasteiger partial charge in [0.15, 0.2) is 5.65 Å². The molecule has 0 amide bonds. The number of ether oxygens (including phenoxy) is 1. The lowest BCUT2D eigenvalue weighted by atomic mass is 9.88. The fraction of sp³-hybridized carbons (Fsp3) is 0.500. The maximum atomic E-state index is 11.9. The van der Waals surface area contributed by atoms with Crippen molar-refractivity contribution in [2.75, 3.05) is 12.3 Å². The summed E-state index contributed by atoms with van der Waals surface area (Å²) in [5.41, 5.74) is 11.5. The first-order valence-electron chi connectivity index (χ1n) is 8.51. The number of aliphatic hydroxyl groups is 1. The summed E-state index contributed by atoms with van der Waals surface area (Å²) in [6, 6.07) is 1.52. The Morgan fingerprint density at radius 2 is 1.88 bits per heavy atom. The molecule has 17 nitrogen and oxygen atoms in total. The second-order valence-electron chi connectivity index (χ2n) is 6.96. The number of anilines is 1. The first-order chi connectivity index (χ1) is 14.5. The van der Waals surface area contributed by atoms with E-state index in [-0.39, 0.29) is 0 Å². The smallest absolute Gasteiger partial charge is 0.396 e. The molecule has 20 heteroatoms. The third kappa shape index (κ3) is 5.43. The van der Waals surface area contributed by atoms with Crippen molar-refractivity contribution in [3.63, 3.8) is 0 Å². The molecule has 2 aromatic heterocycles. The highest BCUT2D eigenvalue weighted by atomic mass is 31.3. The van der Waals surface area contributed by atoms with Gasteiger partial charge in [-0.25, -0.2) is 23.2 Å². The van der Waals surface area contributed by atoms with Gasteiger partial charge in [0.25, 0.3) is 0 Å². The lowest BCUT2D eigenvalue weighted by Crippen LogP contribution is -2.51. The predicted octanol–water partition coefficient (Wildman–Crippen LogP) is -0.827. The SMILES string of the molecule is C[C@@]1(N)[C@H](O)[C@@H](COP(=O)(O)OP(=O)(O)OP(=O)(O)O)O[C@H]1c1cnc2c(N)ccnn12. The first-order valence-corrected chi connectivity index (χ1v) is 13.0. The van der Waals surface area contributed by atoms with Crippen LogP contribution in [0.1, 0.15) is 18.7 Å². The van der Waals surface area contributed by atoms with Crippen LogP contribution in [0.3, 0.4) is 0 Å². The number of fused-ring (bicyclic) bond motifs is 1. The zero-order valence-corrected chi connectivity index (χ0v) is 18.8. The second kappa shape index (κ2) is 8.49. The molecule has 0 spiro atoms. The maximum absolute atomic E-state index is 11.9. The quantitative estimate of drug-likeness (QED) is 0.210. The van der Waals surface area contributed by atoms with Crippen molar-refractivity contribution < 1.29 is 56.3 Å². The number of nitrogens with zero attached hydrogens (tertiary/aromatic N) is 3. The minimum absolute atomic E-state index is 0.299. The third-order valence-corrected chi connectivity index (χ3v) is 8.21. The van der Waals surface area contributed by atoms with Crippen molar-refractivity contribution in [2.45, 2.75) is 30.8 Å². The summed E-state index contributed by atoms with van der Waals surface area (Å²) >= 11 is 0. The van der Waals surface area contributed by atoms with Gasteiger partial charge >= 0.3 is 23.5 Å². The van der Waals surface area contributed by atoms with Crippen LogP contribution in [0.25, 0.3) is 5.65 Å². The molecule has 2 aromatic rings. The van der Waals surface area contributed by atoms with E-state index in [1.807, 2.05) is 0 Å². The number of aromatic nitrogens is 3. The fourth-order valence-electron chi connectivity index (χ4n) is 3.05. The average molecular weight is 519 g/mol. The normalized spacial score (nSPS) is 30.3. The van der Waals surface area contributed by atoms with Gasteiger partial charge in [-0.05, 0) is 13.0 Å². The number of rotatable bonds is 8. The lowest BCUT2D eigenvalue weighted by Gasteiger charge is -2.27. The highest BCUT2D eigenvalue weighted by molar-refractivity contribution is 7.66. The van der Waals surface area contributed by atoms with Gasteiger partial charge in [0.05, 0.1) is 35.9 Å². The van der Waals surface area contributed by atoms with E-state index in [2.05, 4.69) is 23.2 Å². The van der Waals surface area contributed by atoms with E-state index in [0.29, 0.717) is 17.0 Å². The molecule has 1 saturated heterocycles. The van der Waals surface area contributed by atoms with Crippen LogP contribution in [0.2, 0.25) is 0 Å². The van der Waals surface area contributed by atoms with Crippen molar-refractivity contribution in [1.29, 1.82) is 0 Å². The molecule has 9 N–H and O–H groups in total. The molecule has 0 aliphatic carbocycles. The molecule has 0 radical (unpaired) electrons. The van der Waals surface area contributed by atoms with Gasteiger partial charge in [-0.1, -0.05) is 0 Å². The fourth-order valence-corrected chi connectivity index (χ4v) is 6.08. The molecule has 1 fully saturated rings. The van der Waals surface area contributed by atoms with Crippen LogP contribution in [-0.4, -0.2) is 63.6 Å². The van der Waals surface area contributed by atoms with E-state index in [1.54, 1.807) is 0 Å². The minimum atomic E-state index is -5.68. The Kier molecular flexibility index (Phi) is 6.72. The summed E-state index contributed by atoms with van der Waals surface area (Å²) in [5, 5.41) is 14.6. The Morgan fingerprint density at radius 1 is 1.22 bits per heavy atom. The molecular weight excluding hydrogens is 499 g/mol. The van der Waals surface area contributed by atoms with Crippen LogP contribution < -0.4 is 11.5 Å². The Morgan fingerprint density at radius 3 is 2.50 bits per heavy atom. The van der Waals surface area contributed by atoms with Crippen LogP contribution in [-0.2, 0) is 31.6 Å². The summed E-state index contributed by atoms with van der Waals surface area (Å²) < 4.78 is 52.7. The number of imidazole rings is 1. The lowest BCUT2D eigenvalue weighted by molar-refractivity contribution is -0.0235. The van der Waals surface area contributed by atoms with Gasteiger partial charge in [0.1, 0.15) is 18.3 Å². The number of phosphoric acid groups is 3. The number of phosphoric ester groups is 1. The number of nitrogen functional groups attached to an aromatic ring is 1. The molecule has 6 atom stereocenters. The zero-order chi connectivity index (χ0) is 24.1. The molecule has 2 unspecified atom stereocenters. The monoisotopic (exact) mass is 519 g/mol. The number of hydrogen-bond acceptors (Lipinski definition) is 12. The summed E-state index contributed by atoms with van der Waals surface area (Å²) in [4.78, 5) is 40.0. The van der Waals surface area contributed by atoms with Crippen molar-refractivity contribution >= 4 is 34.8 Å². The predicted molar refractivity (Wildman–Crippen MR) is 103 cm³/mol. The van der Waals surface area contributed by atoms with E-state index in [1.165, 1.54) is 29.9 Å². The molecule has 1 aliphatic heterocycles.